The third-order valence-electron chi connectivity index (χ3n) is 11.7. The monoisotopic (exact) mass is 1100 g/mol. The molecule has 0 saturated carbocycles. The molecule has 0 aliphatic carbocycles. The van der Waals surface area contributed by atoms with Crippen molar-refractivity contribution < 1.29 is 56.5 Å². The minimum absolute atomic E-state index is 0.00500. The summed E-state index contributed by atoms with van der Waals surface area (Å²) in [6.45, 7) is 3.22. The minimum Gasteiger partial charge on any atom is -0.480 e. The van der Waals surface area contributed by atoms with Gasteiger partial charge in [0.1, 0.15) is 31.3 Å². The summed E-state index contributed by atoms with van der Waals surface area (Å²) in [6.07, 6.45) is 6.06. The van der Waals surface area contributed by atoms with Gasteiger partial charge in [-0.3, -0.25) is 38.9 Å². The van der Waals surface area contributed by atoms with Gasteiger partial charge in [-0.1, -0.05) is 47.1 Å². The molecule has 5 aromatic rings. The van der Waals surface area contributed by atoms with E-state index in [0.717, 1.165) is 50.9 Å². The number of nitrogens with zero attached hydrogens (tertiary/aromatic N) is 6. The van der Waals surface area contributed by atoms with E-state index < -0.39 is 72.7 Å². The van der Waals surface area contributed by atoms with Crippen LogP contribution in [-0.2, 0) is 46.5 Å². The van der Waals surface area contributed by atoms with Gasteiger partial charge >= 0.3 is 6.16 Å². The van der Waals surface area contributed by atoms with Crippen molar-refractivity contribution >= 4 is 73.9 Å². The van der Waals surface area contributed by atoms with Gasteiger partial charge in [-0.15, -0.1) is 0 Å². The predicted octanol–water partition coefficient (Wildman–Crippen LogP) is 5.77. The molecule has 21 nitrogen and oxygen atoms in total. The fourth-order valence-electron chi connectivity index (χ4n) is 7.70. The summed E-state index contributed by atoms with van der Waals surface area (Å²) in [5.74, 6) is -5.46. The van der Waals surface area contributed by atoms with E-state index in [4.69, 9.17) is 24.7 Å². The molecule has 77 heavy (non-hydrogen) atoms. The van der Waals surface area contributed by atoms with Gasteiger partial charge in [0.2, 0.25) is 29.5 Å². The van der Waals surface area contributed by atoms with Gasteiger partial charge in [-0.25, -0.2) is 18.6 Å². The Morgan fingerprint density at radius 1 is 0.870 bits per heavy atom. The molecule has 408 valence electrons. The highest BCUT2D eigenvalue weighted by Crippen LogP contribution is 2.34. The highest BCUT2D eigenvalue weighted by molar-refractivity contribution is 8.76. The molecular formula is C52H59F2N11O10S2. The number of carbonyl (C=O) groups is 6. The molecule has 1 aliphatic rings. The molecule has 4 aromatic heterocycles. The molecule has 1 aromatic carbocycles. The number of rotatable bonds is 27. The summed E-state index contributed by atoms with van der Waals surface area (Å²) in [4.78, 5) is 95.4. The lowest BCUT2D eigenvalue weighted by molar-refractivity contribution is -0.134. The number of hydrogen-bond acceptors (Lipinski definition) is 18. The lowest BCUT2D eigenvalue weighted by Crippen LogP contribution is -2.49. The quantitative estimate of drug-likeness (QED) is 0.0237. The number of pyridine rings is 4. The third-order valence-corrected chi connectivity index (χ3v) is 14.1. The summed E-state index contributed by atoms with van der Waals surface area (Å²) >= 11 is 0. The molecule has 1 fully saturated rings. The molecular weight excluding hydrogens is 1040 g/mol. The Bertz CT molecular complexity index is 2920. The van der Waals surface area contributed by atoms with Crippen molar-refractivity contribution in [2.45, 2.75) is 83.2 Å². The number of alkyl halides is 2. The van der Waals surface area contributed by atoms with Crippen molar-refractivity contribution in [2.75, 3.05) is 57.3 Å². The van der Waals surface area contributed by atoms with Crippen molar-refractivity contribution in [1.82, 2.24) is 46.1 Å². The number of unbranched alkanes of at least 4 members (excludes halogenated alkanes) is 1. The van der Waals surface area contributed by atoms with Crippen molar-refractivity contribution in [2.24, 2.45) is 0 Å². The largest absolute Gasteiger partial charge is 0.508 e. The zero-order chi connectivity index (χ0) is 55.3. The maximum Gasteiger partial charge on any atom is 0.508 e. The van der Waals surface area contributed by atoms with Gasteiger partial charge in [0.05, 0.1) is 55.5 Å². The average molecular weight is 1100 g/mol. The van der Waals surface area contributed by atoms with Crippen LogP contribution >= 0.6 is 21.6 Å². The number of nitriles is 1. The van der Waals surface area contributed by atoms with E-state index >= 15 is 0 Å². The number of anilines is 1. The van der Waals surface area contributed by atoms with Crippen molar-refractivity contribution in [3.8, 4) is 34.2 Å². The lowest BCUT2D eigenvalue weighted by atomic mass is 9.98. The van der Waals surface area contributed by atoms with E-state index in [2.05, 4.69) is 41.2 Å². The Hall–Kier alpha value is -7.69. The van der Waals surface area contributed by atoms with E-state index in [1.54, 1.807) is 36.8 Å². The summed E-state index contributed by atoms with van der Waals surface area (Å²) in [5.41, 5.74) is 11.6. The molecule has 0 spiro atoms. The minimum atomic E-state index is -3.21. The number of nitrogen functional groups attached to an aromatic ring is 1. The zero-order valence-electron chi connectivity index (χ0n) is 42.6. The van der Waals surface area contributed by atoms with Crippen LogP contribution in [0, 0.1) is 11.3 Å². The summed E-state index contributed by atoms with van der Waals surface area (Å²) in [7, 11) is 4.08. The van der Waals surface area contributed by atoms with Gasteiger partial charge in [0.25, 0.3) is 11.8 Å². The maximum atomic E-state index is 13.9. The number of ether oxygens (including phenoxy) is 4. The second kappa shape index (κ2) is 29.0. The van der Waals surface area contributed by atoms with E-state index in [0.29, 0.717) is 29.6 Å². The lowest BCUT2D eigenvalue weighted by Gasteiger charge is -2.23. The number of methoxy groups -OCH3 is 1. The van der Waals surface area contributed by atoms with Crippen molar-refractivity contribution in [1.29, 1.82) is 5.26 Å². The maximum absolute atomic E-state index is 13.9. The van der Waals surface area contributed by atoms with Crippen molar-refractivity contribution in [3.05, 3.63) is 96.3 Å². The van der Waals surface area contributed by atoms with Crippen LogP contribution in [0.2, 0.25) is 0 Å². The number of fused-ring (bicyclic) bond motifs is 1. The first-order valence-corrected chi connectivity index (χ1v) is 27.0. The molecule has 0 bridgehead atoms. The third kappa shape index (κ3) is 17.7. The Morgan fingerprint density at radius 3 is 2.40 bits per heavy atom. The number of nitrogens with two attached hydrogens (primary N) is 1. The summed E-state index contributed by atoms with van der Waals surface area (Å²) < 4.78 is 49.0. The van der Waals surface area contributed by atoms with Crippen LogP contribution in [-0.4, -0.2) is 136 Å². The number of likely N-dealkylation sites (tertiary alicyclic amines) is 1. The van der Waals surface area contributed by atoms with Crippen LogP contribution in [0.25, 0.3) is 33.2 Å². The van der Waals surface area contributed by atoms with Crippen LogP contribution in [0.3, 0.4) is 0 Å². The molecule has 6 N–H and O–H groups in total. The van der Waals surface area contributed by atoms with Crippen LogP contribution < -0.4 is 31.7 Å². The molecule has 6 rings (SSSR count). The second-order valence-corrected chi connectivity index (χ2v) is 20.1. The molecule has 5 heterocycles. The predicted molar refractivity (Wildman–Crippen MR) is 284 cm³/mol. The highest BCUT2D eigenvalue weighted by atomic mass is 33.1. The van der Waals surface area contributed by atoms with E-state index in [1.807, 2.05) is 37.3 Å². The Labute approximate surface area is 450 Å². The van der Waals surface area contributed by atoms with Gasteiger partial charge in [0.15, 0.2) is 0 Å². The Morgan fingerprint density at radius 2 is 1.65 bits per heavy atom. The number of amides is 5. The molecule has 25 heteroatoms. The fourth-order valence-corrected chi connectivity index (χ4v) is 9.69. The van der Waals surface area contributed by atoms with Crippen molar-refractivity contribution in [3.63, 3.8) is 0 Å². The molecule has 5 amide bonds. The van der Waals surface area contributed by atoms with Crippen LogP contribution in [0.1, 0.15) is 67.7 Å². The molecule has 1 saturated heterocycles. The van der Waals surface area contributed by atoms with E-state index in [9.17, 15) is 42.8 Å². The smallest absolute Gasteiger partial charge is 0.480 e. The van der Waals surface area contributed by atoms with Crippen LogP contribution in [0.15, 0.2) is 79.4 Å². The van der Waals surface area contributed by atoms with Crippen LogP contribution in [0.5, 0.6) is 5.88 Å². The number of benzene rings is 1. The normalized spacial score (nSPS) is 14.4. The number of hydrogen-bond donors (Lipinski definition) is 5. The highest BCUT2D eigenvalue weighted by Gasteiger charge is 2.48. The number of carbonyl (C=O) groups excluding carboxylic acids is 6. The fraction of sp³-hybridized carbons (Fsp3) is 0.404. The molecule has 1 aliphatic heterocycles. The van der Waals surface area contributed by atoms with E-state index in [1.165, 1.54) is 54.0 Å². The van der Waals surface area contributed by atoms with E-state index in [-0.39, 0.29) is 62.8 Å². The molecule has 2 unspecified atom stereocenters. The van der Waals surface area contributed by atoms with Gasteiger partial charge in [0, 0.05) is 90.8 Å². The first-order valence-electron chi connectivity index (χ1n) is 24.5. The summed E-state index contributed by atoms with van der Waals surface area (Å²) in [6, 6.07) is 14.1. The number of nitrogens with one attached hydrogen (secondary N) is 4. The molecule has 0 radical (unpaired) electrons. The van der Waals surface area contributed by atoms with Gasteiger partial charge < -0.3 is 50.8 Å². The first kappa shape index (κ1) is 58.6. The van der Waals surface area contributed by atoms with Gasteiger partial charge in [-0.05, 0) is 66.9 Å². The van der Waals surface area contributed by atoms with Crippen LogP contribution in [0.4, 0.5) is 19.3 Å². The first-order chi connectivity index (χ1) is 37.1. The average Bonchev–Trinajstić information content (AvgIpc) is 3.76. The number of halogens is 2. The Balaban J connectivity index is 0.909. The van der Waals surface area contributed by atoms with Gasteiger partial charge in [-0.2, -0.15) is 5.26 Å². The summed E-state index contributed by atoms with van der Waals surface area (Å²) in [5, 5.41) is 20.7. The second-order valence-electron chi connectivity index (χ2n) is 17.5. The SMILES string of the molecule is CCCCOCCNC(=O)C(CSSCCOC(=O)OCc1ccc(-c2ccnc3ccc(-c4cnc(OC)c(N)c4)cc23)cn1)NC(=O)CCC(=O)NCc1cc(C(=O)NC(C)C(=O)N2CC(F)(F)C[C@H]2C#N)ccn1. The number of aromatic nitrogens is 4. The molecule has 3 atom stereocenters. The Kier molecular flexibility index (Phi) is 22.1. The standard InChI is InChI=1S/C52H59F2N11O10S2/c1-4-5-17-73-18-16-59-48(69)44(64-46(67)11-10-45(66)61-28-38-21-34(12-14-57-38)47(68)63-32(2)50(70)65-31-52(53,54)24-39(65)25-55)30-77-76-20-19-74-51(71)75-29-37-8-6-35(26-60-37)40-13-15-58-43-9-7-33(22-41(40)43)36-23-42(56)49(72-3)62-27-36/h6-9,12-15,21-23,26-27,32,39,44H,4-5,10-11,16-20,24,28-31,56H2,1-3H3,(H,59,69)(H,61,66)(H,63,68)(H,64,67)/t32?,39-,44?/m0/s1. The zero-order valence-corrected chi connectivity index (χ0v) is 44.2. The topological polar surface area (TPSA) is 292 Å².